The van der Waals surface area contributed by atoms with Gasteiger partial charge in [0.25, 0.3) is 0 Å². The average Bonchev–Trinajstić information content (AvgIpc) is 2.43. The molecule has 0 atom stereocenters. The predicted molar refractivity (Wildman–Crippen MR) is 79.9 cm³/mol. The summed E-state index contributed by atoms with van der Waals surface area (Å²) in [5, 5.41) is 5.08. The van der Waals surface area contributed by atoms with Crippen molar-refractivity contribution >= 4 is 46.3 Å². The maximum atomic E-state index is 13.6. The molecule has 0 saturated heterocycles. The number of benzene rings is 2. The third-order valence-corrected chi connectivity index (χ3v) is 3.11. The molecule has 0 bridgehead atoms. The molecule has 0 fully saturated rings. The van der Waals surface area contributed by atoms with E-state index in [0.29, 0.717) is 5.02 Å². The second-order valence-corrected chi connectivity index (χ2v) is 4.87. The third-order valence-electron chi connectivity index (χ3n) is 2.54. The van der Waals surface area contributed by atoms with Crippen LogP contribution < -0.4 is 16.4 Å². The number of amides is 2. The van der Waals surface area contributed by atoms with Crippen LogP contribution in [0.1, 0.15) is 0 Å². The lowest BCUT2D eigenvalue weighted by Crippen LogP contribution is -2.21. The average molecular weight is 332 g/mol. The third kappa shape index (κ3) is 3.53. The Morgan fingerprint density at radius 1 is 1.10 bits per heavy atom. The number of nitrogens with two attached hydrogens (primary N) is 1. The van der Waals surface area contributed by atoms with Crippen LogP contribution in [0.15, 0.2) is 30.3 Å². The first-order chi connectivity index (χ1) is 9.88. The number of carbonyl (C=O) groups is 1. The maximum Gasteiger partial charge on any atom is 0.323 e. The number of halogens is 4. The van der Waals surface area contributed by atoms with Gasteiger partial charge < -0.3 is 16.4 Å². The Kier molecular flexibility index (Phi) is 4.50. The van der Waals surface area contributed by atoms with Gasteiger partial charge in [-0.25, -0.2) is 13.6 Å². The molecule has 21 heavy (non-hydrogen) atoms. The van der Waals surface area contributed by atoms with Crippen LogP contribution in [-0.2, 0) is 0 Å². The molecule has 4 N–H and O–H groups in total. The lowest BCUT2D eigenvalue weighted by molar-refractivity contribution is 0.262. The quantitative estimate of drug-likeness (QED) is 0.709. The molecule has 110 valence electrons. The largest absolute Gasteiger partial charge is 0.397 e. The van der Waals surface area contributed by atoms with E-state index in [0.717, 1.165) is 12.1 Å². The molecule has 0 radical (unpaired) electrons. The summed E-state index contributed by atoms with van der Waals surface area (Å²) >= 11 is 11.6. The van der Waals surface area contributed by atoms with Crippen LogP contribution >= 0.6 is 23.2 Å². The lowest BCUT2D eigenvalue weighted by Gasteiger charge is -2.12. The van der Waals surface area contributed by atoms with E-state index < -0.39 is 23.4 Å². The fraction of sp³-hybridized carbons (Fsp3) is 0. The number of anilines is 3. The second kappa shape index (κ2) is 6.15. The molecule has 2 aromatic carbocycles. The van der Waals surface area contributed by atoms with E-state index in [1.54, 1.807) is 0 Å². The molecule has 0 heterocycles. The minimum absolute atomic E-state index is 0.110. The Morgan fingerprint density at radius 2 is 1.81 bits per heavy atom. The van der Waals surface area contributed by atoms with Crippen molar-refractivity contribution in [2.75, 3.05) is 16.4 Å². The van der Waals surface area contributed by atoms with Gasteiger partial charge in [-0.2, -0.15) is 0 Å². The smallest absolute Gasteiger partial charge is 0.323 e. The van der Waals surface area contributed by atoms with E-state index in [1.807, 2.05) is 0 Å². The molecule has 0 aliphatic heterocycles. The Labute approximate surface area is 128 Å². The summed E-state index contributed by atoms with van der Waals surface area (Å²) < 4.78 is 26.7. The van der Waals surface area contributed by atoms with E-state index in [4.69, 9.17) is 28.9 Å². The number of nitrogens with one attached hydrogen (secondary N) is 2. The molecular formula is C13H9Cl2F2N3O. The topological polar surface area (TPSA) is 67.1 Å². The Bertz CT molecular complexity index is 710. The monoisotopic (exact) mass is 331 g/mol. The molecular weight excluding hydrogens is 323 g/mol. The fourth-order valence-electron chi connectivity index (χ4n) is 1.55. The summed E-state index contributed by atoms with van der Waals surface area (Å²) in [5.41, 5.74) is 5.15. The first-order valence-electron chi connectivity index (χ1n) is 5.65. The number of hydrogen-bond donors (Lipinski definition) is 3. The van der Waals surface area contributed by atoms with E-state index >= 15 is 0 Å². The van der Waals surface area contributed by atoms with Gasteiger partial charge in [0.05, 0.1) is 16.4 Å². The molecule has 8 heteroatoms. The van der Waals surface area contributed by atoms with Crippen LogP contribution in [0.5, 0.6) is 0 Å². The molecule has 0 aliphatic carbocycles. The minimum Gasteiger partial charge on any atom is -0.397 e. The Morgan fingerprint density at radius 3 is 2.52 bits per heavy atom. The first kappa shape index (κ1) is 15.3. The summed E-state index contributed by atoms with van der Waals surface area (Å²) in [6, 6.07) is 5.60. The molecule has 2 aromatic rings. The SMILES string of the molecule is Nc1ccc(F)c(F)c1NC(=O)Nc1cc(Cl)ccc1Cl. The maximum absolute atomic E-state index is 13.6. The summed E-state index contributed by atoms with van der Waals surface area (Å²) in [7, 11) is 0. The molecule has 0 saturated carbocycles. The molecule has 0 aliphatic rings. The summed E-state index contributed by atoms with van der Waals surface area (Å²) in [4.78, 5) is 11.8. The zero-order valence-electron chi connectivity index (χ0n) is 10.4. The van der Waals surface area contributed by atoms with Crippen molar-refractivity contribution in [1.82, 2.24) is 0 Å². The van der Waals surface area contributed by atoms with Crippen molar-refractivity contribution in [1.29, 1.82) is 0 Å². The Hall–Kier alpha value is -2.05. The van der Waals surface area contributed by atoms with E-state index in [1.165, 1.54) is 18.2 Å². The van der Waals surface area contributed by atoms with Gasteiger partial charge in [-0.1, -0.05) is 23.2 Å². The number of urea groups is 1. The van der Waals surface area contributed by atoms with Crippen molar-refractivity contribution in [2.45, 2.75) is 0 Å². The Balaban J connectivity index is 2.20. The van der Waals surface area contributed by atoms with Gasteiger partial charge in [0.2, 0.25) is 0 Å². The van der Waals surface area contributed by atoms with Crippen molar-refractivity contribution in [3.63, 3.8) is 0 Å². The zero-order valence-corrected chi connectivity index (χ0v) is 11.9. The van der Waals surface area contributed by atoms with Crippen molar-refractivity contribution < 1.29 is 13.6 Å². The van der Waals surface area contributed by atoms with Crippen LogP contribution in [0.4, 0.5) is 30.6 Å². The van der Waals surface area contributed by atoms with Gasteiger partial charge >= 0.3 is 6.03 Å². The highest BCUT2D eigenvalue weighted by Crippen LogP contribution is 2.27. The minimum atomic E-state index is -1.25. The summed E-state index contributed by atoms with van der Waals surface area (Å²) in [6.45, 7) is 0. The number of hydrogen-bond acceptors (Lipinski definition) is 2. The van der Waals surface area contributed by atoms with Gasteiger partial charge in [-0.3, -0.25) is 0 Å². The van der Waals surface area contributed by atoms with Crippen molar-refractivity contribution in [2.24, 2.45) is 0 Å². The zero-order chi connectivity index (χ0) is 15.6. The lowest BCUT2D eigenvalue weighted by atomic mass is 10.2. The normalized spacial score (nSPS) is 10.3. The molecule has 0 spiro atoms. The molecule has 4 nitrogen and oxygen atoms in total. The van der Waals surface area contributed by atoms with Crippen LogP contribution in [-0.4, -0.2) is 6.03 Å². The standard InChI is InChI=1S/C13H9Cl2F2N3O/c14-6-1-2-7(15)10(5-6)19-13(21)20-12-9(18)4-3-8(16)11(12)17/h1-5H,18H2,(H2,19,20,21). The summed E-state index contributed by atoms with van der Waals surface area (Å²) in [6.07, 6.45) is 0. The number of rotatable bonds is 2. The van der Waals surface area contributed by atoms with Crippen LogP contribution in [0, 0.1) is 11.6 Å². The fourth-order valence-corrected chi connectivity index (χ4v) is 1.89. The highest BCUT2D eigenvalue weighted by Gasteiger charge is 2.15. The first-order valence-corrected chi connectivity index (χ1v) is 6.40. The van der Waals surface area contributed by atoms with Crippen LogP contribution in [0.25, 0.3) is 0 Å². The van der Waals surface area contributed by atoms with Crippen LogP contribution in [0.2, 0.25) is 10.0 Å². The van der Waals surface area contributed by atoms with E-state index in [-0.39, 0.29) is 16.4 Å². The van der Waals surface area contributed by atoms with Crippen LogP contribution in [0.3, 0.4) is 0 Å². The molecule has 2 amide bonds. The highest BCUT2D eigenvalue weighted by atomic mass is 35.5. The van der Waals surface area contributed by atoms with Gasteiger partial charge in [0, 0.05) is 5.02 Å². The van der Waals surface area contributed by atoms with Crippen molar-refractivity contribution in [3.05, 3.63) is 52.0 Å². The van der Waals surface area contributed by atoms with E-state index in [9.17, 15) is 13.6 Å². The highest BCUT2D eigenvalue weighted by molar-refractivity contribution is 6.35. The summed E-state index contributed by atoms with van der Waals surface area (Å²) in [5.74, 6) is -2.37. The second-order valence-electron chi connectivity index (χ2n) is 4.03. The van der Waals surface area contributed by atoms with Crippen molar-refractivity contribution in [3.8, 4) is 0 Å². The molecule has 2 rings (SSSR count). The predicted octanol–water partition coefficient (Wildman–Crippen LogP) is 4.50. The molecule has 0 unspecified atom stereocenters. The number of nitrogen functional groups attached to an aromatic ring is 1. The van der Waals surface area contributed by atoms with Gasteiger partial charge in [-0.05, 0) is 30.3 Å². The van der Waals surface area contributed by atoms with Gasteiger partial charge in [0.15, 0.2) is 11.6 Å². The molecule has 0 aromatic heterocycles. The number of carbonyl (C=O) groups excluding carboxylic acids is 1. The van der Waals surface area contributed by atoms with E-state index in [2.05, 4.69) is 10.6 Å². The van der Waals surface area contributed by atoms with Gasteiger partial charge in [0.1, 0.15) is 5.69 Å². The van der Waals surface area contributed by atoms with Gasteiger partial charge in [-0.15, -0.1) is 0 Å².